The van der Waals surface area contributed by atoms with Crippen molar-refractivity contribution < 1.29 is 8.42 Å². The minimum Gasteiger partial charge on any atom is -0.316 e. The van der Waals surface area contributed by atoms with Crippen LogP contribution in [0.25, 0.3) is 0 Å². The first kappa shape index (κ1) is 15.3. The quantitative estimate of drug-likeness (QED) is 0.828. The van der Waals surface area contributed by atoms with Gasteiger partial charge in [0.05, 0.1) is 5.69 Å². The van der Waals surface area contributed by atoms with Gasteiger partial charge in [-0.1, -0.05) is 15.9 Å². The maximum atomic E-state index is 12.3. The van der Waals surface area contributed by atoms with Gasteiger partial charge in [0, 0.05) is 28.3 Å². The molecule has 0 unspecified atom stereocenters. The molecule has 0 atom stereocenters. The van der Waals surface area contributed by atoms with E-state index in [4.69, 9.17) is 0 Å². The fraction of sp³-hybridized carbons (Fsp3) is 0.0833. The molecular weight excluding hydrogens is 412 g/mol. The van der Waals surface area contributed by atoms with Gasteiger partial charge >= 0.3 is 0 Å². The Labute approximate surface area is 132 Å². The number of halogens is 2. The molecule has 0 amide bonds. The predicted octanol–water partition coefficient (Wildman–Crippen LogP) is 2.71. The van der Waals surface area contributed by atoms with Crippen LogP contribution in [-0.2, 0) is 17.1 Å². The lowest BCUT2D eigenvalue weighted by Gasteiger charge is -2.10. The molecule has 2 aromatic rings. The summed E-state index contributed by atoms with van der Waals surface area (Å²) in [5, 5.41) is 0. The average molecular weight is 422 g/mol. The van der Waals surface area contributed by atoms with Crippen LogP contribution >= 0.6 is 31.9 Å². The van der Waals surface area contributed by atoms with Gasteiger partial charge < -0.3 is 4.57 Å². The Balaban J connectivity index is 2.40. The van der Waals surface area contributed by atoms with Crippen LogP contribution in [0, 0.1) is 0 Å². The molecule has 0 aliphatic rings. The second-order valence-electron chi connectivity index (χ2n) is 4.05. The summed E-state index contributed by atoms with van der Waals surface area (Å²) >= 11 is 6.48. The first-order valence-corrected chi connectivity index (χ1v) is 8.51. The molecule has 0 fully saturated rings. The Morgan fingerprint density at radius 2 is 1.85 bits per heavy atom. The van der Waals surface area contributed by atoms with Crippen molar-refractivity contribution in [2.45, 2.75) is 4.90 Å². The van der Waals surface area contributed by atoms with Crippen molar-refractivity contribution in [2.75, 3.05) is 4.72 Å². The van der Waals surface area contributed by atoms with Crippen molar-refractivity contribution in [3.05, 3.63) is 55.8 Å². The number of hydrogen-bond acceptors (Lipinski definition) is 3. The molecule has 20 heavy (non-hydrogen) atoms. The van der Waals surface area contributed by atoms with Crippen molar-refractivity contribution in [3.8, 4) is 0 Å². The first-order chi connectivity index (χ1) is 9.29. The van der Waals surface area contributed by atoms with Gasteiger partial charge in [-0.3, -0.25) is 9.52 Å². The predicted molar refractivity (Wildman–Crippen MR) is 84.3 cm³/mol. The number of aryl methyl sites for hydroxylation is 1. The molecule has 0 aliphatic heterocycles. The lowest BCUT2D eigenvalue weighted by molar-refractivity contribution is 0.600. The van der Waals surface area contributed by atoms with Gasteiger partial charge in [0.25, 0.3) is 10.0 Å². The summed E-state index contributed by atoms with van der Waals surface area (Å²) < 4.78 is 29.5. The molecule has 0 spiro atoms. The minimum atomic E-state index is -3.72. The normalized spacial score (nSPS) is 11.3. The number of nitrogens with zero attached hydrogens (tertiary/aromatic N) is 1. The first-order valence-electron chi connectivity index (χ1n) is 5.44. The van der Waals surface area contributed by atoms with E-state index in [1.54, 1.807) is 19.2 Å². The molecule has 106 valence electrons. The third-order valence-corrected chi connectivity index (χ3v) is 5.37. The molecule has 8 heteroatoms. The molecule has 1 heterocycles. The van der Waals surface area contributed by atoms with Gasteiger partial charge in [-0.2, -0.15) is 0 Å². The van der Waals surface area contributed by atoms with Crippen LogP contribution in [0.5, 0.6) is 0 Å². The van der Waals surface area contributed by atoms with Crippen molar-refractivity contribution in [3.63, 3.8) is 0 Å². The van der Waals surface area contributed by atoms with Gasteiger partial charge in [-0.15, -0.1) is 0 Å². The van der Waals surface area contributed by atoms with E-state index in [9.17, 15) is 13.2 Å². The Morgan fingerprint density at radius 1 is 1.15 bits per heavy atom. The molecule has 2 rings (SSSR count). The van der Waals surface area contributed by atoms with E-state index in [0.29, 0.717) is 10.2 Å². The van der Waals surface area contributed by atoms with Crippen molar-refractivity contribution >= 4 is 47.6 Å². The highest BCUT2D eigenvalue weighted by atomic mass is 79.9. The second-order valence-corrected chi connectivity index (χ2v) is 7.47. The Hall–Kier alpha value is -1.12. The number of benzene rings is 1. The van der Waals surface area contributed by atoms with Gasteiger partial charge in [0.1, 0.15) is 4.90 Å². The maximum Gasteiger partial charge on any atom is 0.263 e. The van der Waals surface area contributed by atoms with Crippen LogP contribution in [0.3, 0.4) is 0 Å². The van der Waals surface area contributed by atoms with E-state index in [2.05, 4.69) is 36.6 Å². The molecule has 1 aromatic carbocycles. The van der Waals surface area contributed by atoms with Crippen molar-refractivity contribution in [1.82, 2.24) is 4.57 Å². The van der Waals surface area contributed by atoms with E-state index in [-0.39, 0.29) is 10.5 Å². The highest BCUT2D eigenvalue weighted by Crippen LogP contribution is 2.27. The zero-order valence-corrected chi connectivity index (χ0v) is 14.3. The molecular formula is C12H10Br2N2O3S. The Morgan fingerprint density at radius 3 is 2.45 bits per heavy atom. The third-order valence-electron chi connectivity index (χ3n) is 2.52. The lowest BCUT2D eigenvalue weighted by atomic mass is 10.4. The topological polar surface area (TPSA) is 68.2 Å². The molecule has 0 saturated carbocycles. The molecule has 1 aromatic heterocycles. The van der Waals surface area contributed by atoms with Gasteiger partial charge in [-0.05, 0) is 40.2 Å². The molecule has 0 saturated heterocycles. The standard InChI is InChI=1S/C12H10Br2N2O3S/c1-16-7-9(3-5-12(16)17)15-20(18,19)11-4-2-8(13)6-10(11)14/h2-7,15H,1H3. The van der Waals surface area contributed by atoms with E-state index in [1.165, 1.54) is 29.0 Å². The summed E-state index contributed by atoms with van der Waals surface area (Å²) in [7, 11) is -2.17. The maximum absolute atomic E-state index is 12.3. The monoisotopic (exact) mass is 420 g/mol. The molecule has 0 radical (unpaired) electrons. The summed E-state index contributed by atoms with van der Waals surface area (Å²) in [6, 6.07) is 7.50. The van der Waals surface area contributed by atoms with E-state index < -0.39 is 10.0 Å². The number of nitrogens with one attached hydrogen (secondary N) is 1. The second kappa shape index (κ2) is 5.71. The van der Waals surface area contributed by atoms with Crippen LogP contribution in [0.4, 0.5) is 5.69 Å². The van der Waals surface area contributed by atoms with E-state index in [1.807, 2.05) is 0 Å². The zero-order chi connectivity index (χ0) is 14.9. The van der Waals surface area contributed by atoms with Gasteiger partial charge in [0.15, 0.2) is 0 Å². The van der Waals surface area contributed by atoms with Gasteiger partial charge in [0.2, 0.25) is 5.56 Å². The van der Waals surface area contributed by atoms with Crippen molar-refractivity contribution in [1.29, 1.82) is 0 Å². The fourth-order valence-corrected chi connectivity index (χ4v) is 4.35. The summed E-state index contributed by atoms with van der Waals surface area (Å²) in [4.78, 5) is 11.4. The zero-order valence-electron chi connectivity index (χ0n) is 10.3. The molecule has 5 nitrogen and oxygen atoms in total. The molecule has 0 aliphatic carbocycles. The minimum absolute atomic E-state index is 0.120. The average Bonchev–Trinajstić information content (AvgIpc) is 2.33. The van der Waals surface area contributed by atoms with Gasteiger partial charge in [-0.25, -0.2) is 8.42 Å². The number of hydrogen-bond donors (Lipinski definition) is 1. The molecule has 0 bridgehead atoms. The largest absolute Gasteiger partial charge is 0.316 e. The van der Waals surface area contributed by atoms with E-state index in [0.717, 1.165) is 4.47 Å². The highest BCUT2D eigenvalue weighted by molar-refractivity contribution is 9.11. The highest BCUT2D eigenvalue weighted by Gasteiger charge is 2.18. The number of pyridine rings is 1. The summed E-state index contributed by atoms with van der Waals surface area (Å²) in [5.74, 6) is 0. The summed E-state index contributed by atoms with van der Waals surface area (Å²) in [6.45, 7) is 0. The summed E-state index contributed by atoms with van der Waals surface area (Å²) in [5.41, 5.74) is 0.111. The number of anilines is 1. The van der Waals surface area contributed by atoms with Crippen LogP contribution < -0.4 is 10.3 Å². The lowest BCUT2D eigenvalue weighted by Crippen LogP contribution is -2.18. The van der Waals surface area contributed by atoms with Crippen LogP contribution in [0.2, 0.25) is 0 Å². The fourth-order valence-electron chi connectivity index (χ4n) is 1.56. The van der Waals surface area contributed by atoms with Crippen molar-refractivity contribution in [2.24, 2.45) is 7.05 Å². The van der Waals surface area contributed by atoms with Crippen LogP contribution in [0.15, 0.2) is 55.2 Å². The molecule has 1 N–H and O–H groups in total. The van der Waals surface area contributed by atoms with E-state index >= 15 is 0 Å². The smallest absolute Gasteiger partial charge is 0.263 e. The number of aromatic nitrogens is 1. The van der Waals surface area contributed by atoms with Crippen LogP contribution in [-0.4, -0.2) is 13.0 Å². The number of rotatable bonds is 3. The number of sulfonamides is 1. The van der Waals surface area contributed by atoms with Crippen LogP contribution in [0.1, 0.15) is 0 Å². The summed E-state index contributed by atoms with van der Waals surface area (Å²) in [6.07, 6.45) is 1.42. The SMILES string of the molecule is Cn1cc(NS(=O)(=O)c2ccc(Br)cc2Br)ccc1=O. The third kappa shape index (κ3) is 3.31. The Kier molecular flexibility index (Phi) is 4.36. The Bertz CT molecular complexity index is 816.